The van der Waals surface area contributed by atoms with E-state index in [-0.39, 0.29) is 37.8 Å². The van der Waals surface area contributed by atoms with Crippen molar-refractivity contribution in [3.63, 3.8) is 0 Å². The topological polar surface area (TPSA) is 56.1 Å². The Balaban J connectivity index is 2.13. The second-order valence-corrected chi connectivity index (χ2v) is 8.64. The molecule has 2 heterocycles. The molecule has 1 aliphatic rings. The van der Waals surface area contributed by atoms with Crippen molar-refractivity contribution >= 4 is 34.2 Å². The van der Waals surface area contributed by atoms with Crippen molar-refractivity contribution in [3.05, 3.63) is 34.6 Å². The fourth-order valence-corrected chi connectivity index (χ4v) is 6.44. The Morgan fingerprint density at radius 1 is 1.29 bits per heavy atom. The molecule has 0 bridgehead atoms. The number of fused-ring (bicyclic) bond motifs is 1. The normalized spacial score (nSPS) is 23.2. The van der Waals surface area contributed by atoms with Gasteiger partial charge in [-0.2, -0.15) is 0 Å². The van der Waals surface area contributed by atoms with Crippen LogP contribution in [-0.4, -0.2) is 38.2 Å². The van der Waals surface area contributed by atoms with Crippen LogP contribution in [0.2, 0.25) is 0 Å². The third kappa shape index (κ3) is 1.90. The van der Waals surface area contributed by atoms with E-state index in [1.54, 1.807) is 3.56 Å². The number of sulfone groups is 1. The summed E-state index contributed by atoms with van der Waals surface area (Å²) in [7, 11) is -2.93. The number of benzene rings is 1. The molecule has 0 N–H and O–H groups in total. The summed E-state index contributed by atoms with van der Waals surface area (Å²) in [6.45, 7) is 0. The van der Waals surface area contributed by atoms with E-state index >= 15 is 0 Å². The van der Waals surface area contributed by atoms with E-state index in [4.69, 9.17) is 0 Å². The third-order valence-corrected chi connectivity index (χ3v) is 7.35. The van der Waals surface area contributed by atoms with Crippen molar-refractivity contribution in [1.82, 2.24) is 3.56 Å². The maximum absolute atomic E-state index is 12.1. The van der Waals surface area contributed by atoms with E-state index in [2.05, 4.69) is 0 Å². The van der Waals surface area contributed by atoms with Crippen molar-refractivity contribution < 1.29 is 8.42 Å². The van der Waals surface area contributed by atoms with Crippen molar-refractivity contribution in [2.24, 2.45) is 0 Å². The first kappa shape index (κ1) is 11.3. The van der Waals surface area contributed by atoms with Crippen molar-refractivity contribution in [2.75, 3.05) is 11.5 Å². The van der Waals surface area contributed by atoms with Crippen molar-refractivity contribution in [1.29, 1.82) is 0 Å². The predicted molar refractivity (Wildman–Crippen MR) is 67.5 cm³/mol. The summed E-state index contributed by atoms with van der Waals surface area (Å²) in [6, 6.07) is 7.43. The molecule has 4 nitrogen and oxygen atoms in total. The van der Waals surface area contributed by atoms with Gasteiger partial charge < -0.3 is 0 Å². The van der Waals surface area contributed by atoms with Gasteiger partial charge in [0.15, 0.2) is 0 Å². The van der Waals surface area contributed by atoms with Gasteiger partial charge in [-0.05, 0) is 0 Å². The number of hydrogen-bond donors (Lipinski definition) is 0. The summed E-state index contributed by atoms with van der Waals surface area (Å²) in [5.74, 6) is 0.350. The zero-order valence-electron chi connectivity index (χ0n) is 9.00. The molecule has 0 radical (unpaired) electrons. The minimum absolute atomic E-state index is 0.00250. The first-order valence-corrected chi connectivity index (χ1v) is 8.82. The van der Waals surface area contributed by atoms with E-state index in [0.29, 0.717) is 6.42 Å². The molecule has 1 fully saturated rings. The quantitative estimate of drug-likeness (QED) is 0.717. The standard InChI is InChI=1S/C11H11NO3SSe/c13-11-9-3-1-2-4-10(9)17-12(11)8-5-6-16(14,15)7-8/h1-4,8H,5-7H2. The Morgan fingerprint density at radius 3 is 2.71 bits per heavy atom. The number of rotatable bonds is 1. The van der Waals surface area contributed by atoms with Crippen LogP contribution in [-0.2, 0) is 9.84 Å². The van der Waals surface area contributed by atoms with E-state index < -0.39 is 9.84 Å². The minimum atomic E-state index is -2.93. The molecule has 1 atom stereocenters. The molecule has 3 rings (SSSR count). The molecule has 1 aliphatic heterocycles. The Labute approximate surface area is 105 Å². The molecule has 1 aromatic heterocycles. The van der Waals surface area contributed by atoms with E-state index in [1.165, 1.54) is 0 Å². The predicted octanol–water partition coefficient (Wildman–Crippen LogP) is 0.418. The van der Waals surface area contributed by atoms with Crippen LogP contribution in [0.1, 0.15) is 12.5 Å². The monoisotopic (exact) mass is 317 g/mol. The number of aromatic nitrogens is 1. The van der Waals surface area contributed by atoms with Gasteiger partial charge in [-0.3, -0.25) is 0 Å². The Hall–Kier alpha value is -0.841. The van der Waals surface area contributed by atoms with Gasteiger partial charge in [0, 0.05) is 0 Å². The third-order valence-electron chi connectivity index (χ3n) is 3.05. The SMILES string of the molecule is O=c1c2ccccc2[se]n1C1CCS(=O)(=O)C1. The van der Waals surface area contributed by atoms with Gasteiger partial charge in [-0.1, -0.05) is 0 Å². The van der Waals surface area contributed by atoms with Crippen LogP contribution < -0.4 is 5.56 Å². The fraction of sp³-hybridized carbons (Fsp3) is 0.364. The van der Waals surface area contributed by atoms with Crippen LogP contribution in [0.15, 0.2) is 29.1 Å². The van der Waals surface area contributed by atoms with E-state index in [9.17, 15) is 13.2 Å². The molecule has 1 saturated heterocycles. The number of hydrogen-bond acceptors (Lipinski definition) is 3. The average molecular weight is 316 g/mol. The van der Waals surface area contributed by atoms with Crippen LogP contribution in [0.5, 0.6) is 0 Å². The zero-order chi connectivity index (χ0) is 12.0. The van der Waals surface area contributed by atoms with Crippen LogP contribution in [0.25, 0.3) is 9.65 Å². The summed E-state index contributed by atoms with van der Waals surface area (Å²) in [6.07, 6.45) is 0.587. The van der Waals surface area contributed by atoms with E-state index in [1.807, 2.05) is 24.3 Å². The van der Waals surface area contributed by atoms with Crippen molar-refractivity contribution in [2.45, 2.75) is 12.5 Å². The molecular weight excluding hydrogens is 305 g/mol. The fourth-order valence-electron chi connectivity index (χ4n) is 2.19. The molecule has 6 heteroatoms. The molecule has 1 aromatic carbocycles. The van der Waals surface area contributed by atoms with Crippen molar-refractivity contribution in [3.8, 4) is 0 Å². The van der Waals surface area contributed by atoms with Crippen LogP contribution in [0.3, 0.4) is 0 Å². The Bertz CT molecular complexity index is 728. The van der Waals surface area contributed by atoms with Gasteiger partial charge in [0.25, 0.3) is 0 Å². The van der Waals surface area contributed by atoms with Gasteiger partial charge in [-0.15, -0.1) is 0 Å². The molecule has 90 valence electrons. The second-order valence-electron chi connectivity index (χ2n) is 4.28. The Kier molecular flexibility index (Phi) is 2.54. The first-order valence-electron chi connectivity index (χ1n) is 5.38. The zero-order valence-corrected chi connectivity index (χ0v) is 11.5. The van der Waals surface area contributed by atoms with Crippen LogP contribution in [0, 0.1) is 0 Å². The first-order chi connectivity index (χ1) is 8.07. The van der Waals surface area contributed by atoms with Gasteiger partial charge >= 0.3 is 105 Å². The van der Waals surface area contributed by atoms with Crippen LogP contribution in [0.4, 0.5) is 0 Å². The van der Waals surface area contributed by atoms with Gasteiger partial charge in [0.05, 0.1) is 0 Å². The van der Waals surface area contributed by atoms with Gasteiger partial charge in [0.1, 0.15) is 0 Å². The second kappa shape index (κ2) is 3.83. The Morgan fingerprint density at radius 2 is 2.06 bits per heavy atom. The summed E-state index contributed by atoms with van der Waals surface area (Å²) in [5.41, 5.74) is 0.00250. The molecular formula is C11H11NO3SSe. The molecule has 0 amide bonds. The molecule has 0 aliphatic carbocycles. The van der Waals surface area contributed by atoms with Gasteiger partial charge in [0.2, 0.25) is 0 Å². The van der Waals surface area contributed by atoms with Crippen LogP contribution >= 0.6 is 0 Å². The van der Waals surface area contributed by atoms with Gasteiger partial charge in [-0.25, -0.2) is 0 Å². The molecule has 2 aromatic rings. The summed E-state index contributed by atoms with van der Waals surface area (Å²) < 4.78 is 25.7. The van der Waals surface area contributed by atoms with E-state index in [0.717, 1.165) is 9.65 Å². The summed E-state index contributed by atoms with van der Waals surface area (Å²) in [5, 5.41) is 0.747. The average Bonchev–Trinajstić information content (AvgIpc) is 2.81. The summed E-state index contributed by atoms with van der Waals surface area (Å²) >= 11 is -0.0573. The molecule has 0 saturated carbocycles. The number of nitrogens with zero attached hydrogens (tertiary/aromatic N) is 1. The maximum atomic E-state index is 12.1. The molecule has 1 unspecified atom stereocenters. The molecule has 0 spiro atoms. The summed E-state index contributed by atoms with van der Waals surface area (Å²) in [4.78, 5) is 12.1. The molecule has 17 heavy (non-hydrogen) atoms.